The first-order chi connectivity index (χ1) is 7.81. The van der Waals surface area contributed by atoms with Gasteiger partial charge in [-0.1, -0.05) is 19.9 Å². The smallest absolute Gasteiger partial charge is 0.0387 e. The van der Waals surface area contributed by atoms with Crippen molar-refractivity contribution in [2.24, 2.45) is 0 Å². The van der Waals surface area contributed by atoms with Crippen LogP contribution in [0.5, 0.6) is 0 Å². The van der Waals surface area contributed by atoms with Gasteiger partial charge in [-0.15, -0.1) is 0 Å². The second-order valence-corrected chi connectivity index (χ2v) is 5.92. The van der Waals surface area contributed by atoms with Crippen LogP contribution in [0.1, 0.15) is 41.7 Å². The molecule has 0 aromatic heterocycles. The fourth-order valence-electron chi connectivity index (χ4n) is 2.69. The molecule has 0 bridgehead atoms. The Morgan fingerprint density at radius 3 is 1.94 bits per heavy atom. The zero-order chi connectivity index (χ0) is 13.2. The van der Waals surface area contributed by atoms with E-state index < -0.39 is 0 Å². The Morgan fingerprint density at radius 1 is 1.06 bits per heavy atom. The first-order valence-electron chi connectivity index (χ1n) is 6.20. The van der Waals surface area contributed by atoms with Gasteiger partial charge in [0.25, 0.3) is 0 Å². The number of hydrogen-bond donors (Lipinski definition) is 2. The summed E-state index contributed by atoms with van der Waals surface area (Å²) >= 11 is 4.23. The molecule has 0 spiro atoms. The highest BCUT2D eigenvalue weighted by atomic mass is 32.1. The van der Waals surface area contributed by atoms with Crippen molar-refractivity contribution in [2.45, 2.75) is 47.0 Å². The van der Waals surface area contributed by atoms with Crippen molar-refractivity contribution < 1.29 is 0 Å². The van der Waals surface area contributed by atoms with Crippen molar-refractivity contribution in [3.05, 3.63) is 33.9 Å². The van der Waals surface area contributed by atoms with Crippen LogP contribution < -0.4 is 5.32 Å². The molecule has 1 aromatic rings. The molecule has 2 heteroatoms. The molecule has 0 saturated carbocycles. The van der Waals surface area contributed by atoms with Crippen LogP contribution in [0.4, 0.5) is 0 Å². The molecule has 0 amide bonds. The normalized spacial score (nSPS) is 11.9. The molecule has 0 aliphatic rings. The van der Waals surface area contributed by atoms with Crippen LogP contribution in [0, 0.1) is 27.7 Å². The highest BCUT2D eigenvalue weighted by Crippen LogP contribution is 2.32. The average molecular weight is 251 g/mol. The highest BCUT2D eigenvalue weighted by molar-refractivity contribution is 7.80. The molecule has 0 atom stereocenters. The molecule has 1 rings (SSSR count). The second-order valence-electron chi connectivity index (χ2n) is 5.60. The van der Waals surface area contributed by atoms with Crippen LogP contribution in [-0.4, -0.2) is 12.4 Å². The molecule has 1 nitrogen and oxygen atoms in total. The molecular formula is C15H25NS. The Balaban J connectivity index is 3.29. The Bertz CT molecular complexity index is 382. The molecule has 0 fully saturated rings. The molecule has 0 radical (unpaired) electrons. The molecule has 0 heterocycles. The monoisotopic (exact) mass is 251 g/mol. The highest BCUT2D eigenvalue weighted by Gasteiger charge is 2.25. The van der Waals surface area contributed by atoms with Gasteiger partial charge in [-0.3, -0.25) is 0 Å². The second kappa shape index (κ2) is 5.45. The zero-order valence-corrected chi connectivity index (χ0v) is 12.8. The first kappa shape index (κ1) is 14.6. The van der Waals surface area contributed by atoms with E-state index in [1.54, 1.807) is 0 Å². The Kier molecular flexibility index (Phi) is 4.68. The molecule has 96 valence electrons. The third kappa shape index (κ3) is 3.05. The molecule has 1 N–H and O–H groups in total. The van der Waals surface area contributed by atoms with Gasteiger partial charge in [-0.25, -0.2) is 0 Å². The lowest BCUT2D eigenvalue weighted by molar-refractivity contribution is 0.484. The van der Waals surface area contributed by atoms with Crippen LogP contribution in [0.3, 0.4) is 0 Å². The van der Waals surface area contributed by atoms with Gasteiger partial charge in [-0.2, -0.15) is 12.6 Å². The molecule has 0 saturated heterocycles. The Labute approximate surface area is 111 Å². The minimum Gasteiger partial charge on any atom is -0.307 e. The fraction of sp³-hybridized carbons (Fsp3) is 0.600. The van der Waals surface area contributed by atoms with E-state index in [0.717, 1.165) is 12.4 Å². The van der Waals surface area contributed by atoms with E-state index in [0.29, 0.717) is 0 Å². The lowest BCUT2D eigenvalue weighted by Gasteiger charge is -2.31. The predicted molar refractivity (Wildman–Crippen MR) is 80.3 cm³/mol. The number of thiol groups is 1. The topological polar surface area (TPSA) is 12.0 Å². The van der Waals surface area contributed by atoms with E-state index in [-0.39, 0.29) is 5.41 Å². The number of benzene rings is 1. The summed E-state index contributed by atoms with van der Waals surface area (Å²) in [5.74, 6) is 0.728. The third-order valence-electron chi connectivity index (χ3n) is 3.72. The van der Waals surface area contributed by atoms with Crippen molar-refractivity contribution in [3.63, 3.8) is 0 Å². The van der Waals surface area contributed by atoms with Crippen molar-refractivity contribution in [2.75, 3.05) is 12.4 Å². The van der Waals surface area contributed by atoms with Crippen molar-refractivity contribution >= 4 is 12.6 Å². The number of aryl methyl sites for hydroxylation is 2. The van der Waals surface area contributed by atoms with E-state index in [9.17, 15) is 0 Å². The van der Waals surface area contributed by atoms with Crippen molar-refractivity contribution in [1.29, 1.82) is 0 Å². The Hall–Kier alpha value is -0.470. The SMILES string of the molecule is Cc1cc(C)c(C)c(C(C)(C)CNCS)c1C. The van der Waals surface area contributed by atoms with Crippen LogP contribution >= 0.6 is 12.6 Å². The largest absolute Gasteiger partial charge is 0.307 e. The standard InChI is InChI=1S/C15H25NS/c1-10-7-11(2)13(4)14(12(10)3)15(5,6)8-16-9-17/h7,16-17H,8-9H2,1-6H3. The van der Waals surface area contributed by atoms with E-state index in [1.807, 2.05) is 0 Å². The molecule has 0 aliphatic heterocycles. The summed E-state index contributed by atoms with van der Waals surface area (Å²) in [4.78, 5) is 0. The van der Waals surface area contributed by atoms with Gasteiger partial charge in [0.2, 0.25) is 0 Å². The van der Waals surface area contributed by atoms with E-state index in [1.165, 1.54) is 27.8 Å². The minimum absolute atomic E-state index is 0.147. The zero-order valence-electron chi connectivity index (χ0n) is 11.9. The molecule has 17 heavy (non-hydrogen) atoms. The average Bonchev–Trinajstić information content (AvgIpc) is 2.24. The van der Waals surface area contributed by atoms with Crippen LogP contribution in [0.15, 0.2) is 6.07 Å². The third-order valence-corrected chi connectivity index (χ3v) is 3.95. The lowest BCUT2D eigenvalue weighted by Crippen LogP contribution is -2.34. The maximum atomic E-state index is 4.23. The first-order valence-corrected chi connectivity index (χ1v) is 6.84. The van der Waals surface area contributed by atoms with Crippen molar-refractivity contribution in [1.82, 2.24) is 5.32 Å². The van der Waals surface area contributed by atoms with Crippen LogP contribution in [0.2, 0.25) is 0 Å². The van der Waals surface area contributed by atoms with Crippen LogP contribution in [-0.2, 0) is 5.41 Å². The lowest BCUT2D eigenvalue weighted by atomic mass is 9.77. The number of rotatable bonds is 4. The molecule has 1 aromatic carbocycles. The van der Waals surface area contributed by atoms with Gasteiger partial charge in [0.05, 0.1) is 0 Å². The summed E-state index contributed by atoms with van der Waals surface area (Å²) in [7, 11) is 0. The summed E-state index contributed by atoms with van der Waals surface area (Å²) < 4.78 is 0. The number of nitrogens with one attached hydrogen (secondary N) is 1. The minimum atomic E-state index is 0.147. The quantitative estimate of drug-likeness (QED) is 0.614. The van der Waals surface area contributed by atoms with Gasteiger partial charge in [0.15, 0.2) is 0 Å². The van der Waals surface area contributed by atoms with Crippen molar-refractivity contribution in [3.8, 4) is 0 Å². The summed E-state index contributed by atoms with van der Waals surface area (Å²) in [6.45, 7) is 14.4. The number of hydrogen-bond acceptors (Lipinski definition) is 2. The van der Waals surface area contributed by atoms with Gasteiger partial charge in [0.1, 0.15) is 0 Å². The molecular weight excluding hydrogens is 226 g/mol. The van der Waals surface area contributed by atoms with Gasteiger partial charge >= 0.3 is 0 Å². The summed E-state index contributed by atoms with van der Waals surface area (Å²) in [5.41, 5.74) is 7.28. The van der Waals surface area contributed by atoms with E-state index >= 15 is 0 Å². The summed E-state index contributed by atoms with van der Waals surface area (Å²) in [5, 5.41) is 3.34. The van der Waals surface area contributed by atoms with Gasteiger partial charge in [-0.05, 0) is 55.5 Å². The van der Waals surface area contributed by atoms with E-state index in [4.69, 9.17) is 0 Å². The summed E-state index contributed by atoms with van der Waals surface area (Å²) in [6.07, 6.45) is 0. The summed E-state index contributed by atoms with van der Waals surface area (Å²) in [6, 6.07) is 2.29. The molecule has 0 aliphatic carbocycles. The van der Waals surface area contributed by atoms with Gasteiger partial charge < -0.3 is 5.32 Å². The molecule has 0 unspecified atom stereocenters. The van der Waals surface area contributed by atoms with Gasteiger partial charge in [0, 0.05) is 17.8 Å². The maximum Gasteiger partial charge on any atom is 0.0387 e. The fourth-order valence-corrected chi connectivity index (χ4v) is 2.80. The predicted octanol–water partition coefficient (Wildman–Crippen LogP) is 3.67. The van der Waals surface area contributed by atoms with Crippen LogP contribution in [0.25, 0.3) is 0 Å². The maximum absolute atomic E-state index is 4.23. The van der Waals surface area contributed by atoms with E-state index in [2.05, 4.69) is 65.6 Å². The Morgan fingerprint density at radius 2 is 1.53 bits per heavy atom.